The molecule has 12 heteroatoms. The van der Waals surface area contributed by atoms with Crippen LogP contribution in [0.3, 0.4) is 0 Å². The lowest BCUT2D eigenvalue weighted by atomic mass is 10.1. The monoisotopic (exact) mass is 516 g/mol. The highest BCUT2D eigenvalue weighted by Gasteiger charge is 2.23. The van der Waals surface area contributed by atoms with Crippen LogP contribution in [0.2, 0.25) is 0 Å². The molecule has 0 saturated heterocycles. The minimum atomic E-state index is -1.07. The number of carbonyl (C=O) groups is 2. The molecule has 188 valence electrons. The summed E-state index contributed by atoms with van der Waals surface area (Å²) in [4.78, 5) is 41.5. The molecule has 4 aromatic heterocycles. The van der Waals surface area contributed by atoms with E-state index in [4.69, 9.17) is 0 Å². The third-order valence-electron chi connectivity index (χ3n) is 5.59. The first kappa shape index (κ1) is 24.3. The summed E-state index contributed by atoms with van der Waals surface area (Å²) in [6, 6.07) is 8.95. The lowest BCUT2D eigenvalue weighted by molar-refractivity contribution is 0.0630. The summed E-state index contributed by atoms with van der Waals surface area (Å²) in [6.45, 7) is 3.56. The Bertz CT molecular complexity index is 1570. The van der Waals surface area contributed by atoms with E-state index in [1.54, 1.807) is 56.1 Å². The van der Waals surface area contributed by atoms with Gasteiger partial charge in [-0.15, -0.1) is 11.3 Å². The van der Waals surface area contributed by atoms with Gasteiger partial charge in [0.25, 0.3) is 11.8 Å². The fraction of sp³-hybridized carbons (Fsp3) is 0.200. The zero-order valence-electron chi connectivity index (χ0n) is 20.3. The third-order valence-corrected chi connectivity index (χ3v) is 6.72. The zero-order valence-corrected chi connectivity index (χ0v) is 21.2. The fourth-order valence-electron chi connectivity index (χ4n) is 3.83. The number of hydrogen-bond donors (Lipinski definition) is 3. The van der Waals surface area contributed by atoms with Crippen molar-refractivity contribution in [2.75, 3.05) is 17.3 Å². The highest BCUT2D eigenvalue weighted by atomic mass is 32.1. The van der Waals surface area contributed by atoms with E-state index in [9.17, 15) is 14.7 Å². The van der Waals surface area contributed by atoms with E-state index < -0.39 is 5.60 Å². The minimum absolute atomic E-state index is 0.192. The van der Waals surface area contributed by atoms with Gasteiger partial charge in [-0.25, -0.2) is 9.97 Å². The summed E-state index contributed by atoms with van der Waals surface area (Å²) in [5, 5.41) is 20.1. The maximum Gasteiger partial charge on any atom is 0.278 e. The van der Waals surface area contributed by atoms with E-state index in [1.807, 2.05) is 12.1 Å². The van der Waals surface area contributed by atoms with Crippen molar-refractivity contribution in [1.29, 1.82) is 0 Å². The first-order valence-corrected chi connectivity index (χ1v) is 12.2. The number of nitrogens with one attached hydrogen (secondary N) is 2. The molecular formula is C25H24N8O3S. The summed E-state index contributed by atoms with van der Waals surface area (Å²) >= 11 is 1.34. The molecular weight excluding hydrogens is 492 g/mol. The summed E-state index contributed by atoms with van der Waals surface area (Å²) in [6.07, 6.45) is 7.83. The van der Waals surface area contributed by atoms with Crippen LogP contribution in [-0.4, -0.2) is 59.3 Å². The van der Waals surface area contributed by atoms with Crippen LogP contribution >= 0.6 is 11.3 Å². The Balaban J connectivity index is 1.46. The number of H-pyrrole nitrogens is 1. The van der Waals surface area contributed by atoms with E-state index >= 15 is 0 Å². The summed E-state index contributed by atoms with van der Waals surface area (Å²) < 4.78 is 1.76. The first-order valence-electron chi connectivity index (χ1n) is 11.4. The summed E-state index contributed by atoms with van der Waals surface area (Å²) in [5.74, 6) is -0.342. The highest BCUT2D eigenvalue weighted by molar-refractivity contribution is 7.17. The molecule has 0 atom stereocenters. The molecule has 0 spiro atoms. The zero-order chi connectivity index (χ0) is 26.2. The van der Waals surface area contributed by atoms with Crippen molar-refractivity contribution in [3.8, 4) is 10.4 Å². The number of imidazole rings is 1. The first-order chi connectivity index (χ1) is 17.7. The minimum Gasteiger partial charge on any atom is -0.389 e. The molecule has 0 fully saturated rings. The smallest absolute Gasteiger partial charge is 0.278 e. The second kappa shape index (κ2) is 9.56. The maximum absolute atomic E-state index is 13.1. The molecule has 0 saturated carbocycles. The lowest BCUT2D eigenvalue weighted by Gasteiger charge is -2.20. The van der Waals surface area contributed by atoms with Crippen molar-refractivity contribution in [3.63, 3.8) is 0 Å². The summed E-state index contributed by atoms with van der Waals surface area (Å²) in [5.41, 5.74) is 1.90. The number of hydrogen-bond acceptors (Lipinski definition) is 8. The molecule has 0 radical (unpaired) electrons. The molecule has 0 aliphatic carbocycles. The van der Waals surface area contributed by atoms with Crippen molar-refractivity contribution < 1.29 is 14.7 Å². The number of rotatable bonds is 7. The second-order valence-electron chi connectivity index (χ2n) is 9.07. The van der Waals surface area contributed by atoms with Crippen LogP contribution in [-0.2, 0) is 6.54 Å². The van der Waals surface area contributed by atoms with Crippen molar-refractivity contribution in [1.82, 2.24) is 29.7 Å². The van der Waals surface area contributed by atoms with E-state index in [0.29, 0.717) is 27.5 Å². The van der Waals surface area contributed by atoms with Gasteiger partial charge in [-0.3, -0.25) is 25.0 Å². The fourth-order valence-corrected chi connectivity index (χ4v) is 4.71. The van der Waals surface area contributed by atoms with Crippen molar-refractivity contribution in [3.05, 3.63) is 71.9 Å². The van der Waals surface area contributed by atoms with Gasteiger partial charge in [0.2, 0.25) is 5.95 Å². The standard InChI is InChI=1S/C25H24N8O3S/c1-25(2,36)14-33-19-5-4-16(32(3)23(35)18-13-26-8-9-27-18)10-17(19)30-24(33)31-22(34)21-7-6-20(37-21)15-11-28-29-12-15/h4-13,36H,14H2,1-3H3,(H,28,29)(H,30,31,34). The number of anilines is 2. The highest BCUT2D eigenvalue weighted by Crippen LogP contribution is 2.30. The normalized spacial score (nSPS) is 11.6. The molecule has 4 heterocycles. The molecule has 3 N–H and O–H groups in total. The predicted octanol–water partition coefficient (Wildman–Crippen LogP) is 3.58. The summed E-state index contributed by atoms with van der Waals surface area (Å²) in [7, 11) is 1.64. The number of thiophene rings is 1. The number of nitrogens with zero attached hydrogens (tertiary/aromatic N) is 6. The van der Waals surface area contributed by atoms with Gasteiger partial charge in [0.15, 0.2) is 0 Å². The van der Waals surface area contributed by atoms with E-state index in [-0.39, 0.29) is 24.1 Å². The van der Waals surface area contributed by atoms with E-state index in [2.05, 4.69) is 30.5 Å². The van der Waals surface area contributed by atoms with Gasteiger partial charge in [0, 0.05) is 41.8 Å². The molecule has 0 unspecified atom stereocenters. The number of aromatic amines is 1. The van der Waals surface area contributed by atoms with Gasteiger partial charge in [-0.1, -0.05) is 0 Å². The average Bonchev–Trinajstić information content (AvgIpc) is 3.63. The molecule has 0 bridgehead atoms. The molecule has 1 aromatic carbocycles. The topological polar surface area (TPSA) is 142 Å². The average molecular weight is 517 g/mol. The Morgan fingerprint density at radius 3 is 2.73 bits per heavy atom. The van der Waals surface area contributed by atoms with Crippen molar-refractivity contribution in [2.24, 2.45) is 0 Å². The van der Waals surface area contributed by atoms with E-state index in [1.165, 1.54) is 34.8 Å². The molecule has 11 nitrogen and oxygen atoms in total. The van der Waals surface area contributed by atoms with Crippen LogP contribution in [0.4, 0.5) is 11.6 Å². The van der Waals surface area contributed by atoms with Crippen LogP contribution < -0.4 is 10.2 Å². The number of aliphatic hydroxyl groups is 1. The second-order valence-corrected chi connectivity index (χ2v) is 10.2. The Kier molecular flexibility index (Phi) is 6.27. The van der Waals surface area contributed by atoms with Gasteiger partial charge in [0.05, 0.1) is 40.5 Å². The van der Waals surface area contributed by atoms with Gasteiger partial charge < -0.3 is 14.6 Å². The quantitative estimate of drug-likeness (QED) is 0.300. The van der Waals surface area contributed by atoms with Gasteiger partial charge >= 0.3 is 0 Å². The molecule has 2 amide bonds. The van der Waals surface area contributed by atoms with Crippen molar-refractivity contribution >= 4 is 45.8 Å². The SMILES string of the molecule is CN(C(=O)c1cnccn1)c1ccc2c(c1)nc(NC(=O)c1ccc(-c3cn[nH]c3)s1)n2CC(C)(C)O. The number of amides is 2. The molecule has 0 aliphatic rings. The van der Waals surface area contributed by atoms with Crippen LogP contribution in [0.5, 0.6) is 0 Å². The molecule has 37 heavy (non-hydrogen) atoms. The van der Waals surface area contributed by atoms with E-state index in [0.717, 1.165) is 10.4 Å². The maximum atomic E-state index is 13.1. The van der Waals surface area contributed by atoms with Crippen molar-refractivity contribution in [2.45, 2.75) is 26.0 Å². The lowest BCUT2D eigenvalue weighted by Crippen LogP contribution is -2.28. The Labute approximate surface area is 215 Å². The molecule has 5 rings (SSSR count). The third kappa shape index (κ3) is 5.10. The molecule has 5 aromatic rings. The van der Waals surface area contributed by atoms with Crippen LogP contribution in [0, 0.1) is 0 Å². The number of carbonyl (C=O) groups excluding carboxylic acids is 2. The number of benzene rings is 1. The van der Waals surface area contributed by atoms with Crippen LogP contribution in [0.1, 0.15) is 34.0 Å². The van der Waals surface area contributed by atoms with Gasteiger partial charge in [0.1, 0.15) is 5.69 Å². The van der Waals surface area contributed by atoms with Crippen LogP contribution in [0.25, 0.3) is 21.5 Å². The van der Waals surface area contributed by atoms with Crippen LogP contribution in [0.15, 0.2) is 61.3 Å². The largest absolute Gasteiger partial charge is 0.389 e. The molecule has 0 aliphatic heterocycles. The Morgan fingerprint density at radius 1 is 1.19 bits per heavy atom. The predicted molar refractivity (Wildman–Crippen MR) is 141 cm³/mol. The number of aromatic nitrogens is 6. The Morgan fingerprint density at radius 2 is 2.03 bits per heavy atom. The van der Waals surface area contributed by atoms with Gasteiger partial charge in [-0.2, -0.15) is 5.10 Å². The van der Waals surface area contributed by atoms with Gasteiger partial charge in [-0.05, 0) is 44.2 Å². The Hall–Kier alpha value is -4.42. The number of fused-ring (bicyclic) bond motifs is 1.